The summed E-state index contributed by atoms with van der Waals surface area (Å²) in [7, 11) is 2.90. The number of carbonyl (C=O) groups excluding carboxylic acids is 3. The lowest BCUT2D eigenvalue weighted by Gasteiger charge is -2.18. The van der Waals surface area contributed by atoms with E-state index in [0.29, 0.717) is 42.8 Å². The number of nitrogens with one attached hydrogen (secondary N) is 1. The number of nitrogens with zero attached hydrogens (tertiary/aromatic N) is 1. The number of hydrogen-bond donors (Lipinski definition) is 1. The number of rotatable bonds is 5. The Morgan fingerprint density at radius 2 is 1.56 bits per heavy atom. The Labute approximate surface area is 200 Å². The molecule has 0 saturated carbocycles. The van der Waals surface area contributed by atoms with Gasteiger partial charge in [-0.2, -0.15) is 0 Å². The number of fused-ring (bicyclic) bond motifs is 1. The first-order valence-corrected chi connectivity index (χ1v) is 10.9. The quantitative estimate of drug-likeness (QED) is 0.430. The molecule has 0 radical (unpaired) electrons. The first-order chi connectivity index (χ1) is 15.3. The zero-order valence-electron chi connectivity index (χ0n) is 16.9. The molecular weight excluding hydrogens is 544 g/mol. The van der Waals surface area contributed by atoms with Gasteiger partial charge in [0.2, 0.25) is 0 Å². The van der Waals surface area contributed by atoms with E-state index in [1.807, 2.05) is 0 Å². The fourth-order valence-corrected chi connectivity index (χ4v) is 4.87. The van der Waals surface area contributed by atoms with Gasteiger partial charge in [0.1, 0.15) is 11.5 Å². The highest BCUT2D eigenvalue weighted by Crippen LogP contribution is 2.37. The molecule has 0 aliphatic carbocycles. The fraction of sp³-hybridized carbons (Fsp3) is 0.0870. The van der Waals surface area contributed by atoms with Gasteiger partial charge >= 0.3 is 0 Å². The van der Waals surface area contributed by atoms with Crippen molar-refractivity contribution in [1.29, 1.82) is 0 Å². The molecule has 32 heavy (non-hydrogen) atoms. The zero-order chi connectivity index (χ0) is 23.0. The molecule has 1 aliphatic rings. The summed E-state index contributed by atoms with van der Waals surface area (Å²) in [6.45, 7) is 0. The summed E-state index contributed by atoms with van der Waals surface area (Å²) in [4.78, 5) is 39.6. The molecule has 1 heterocycles. The van der Waals surface area contributed by atoms with Gasteiger partial charge in [0.05, 0.1) is 41.1 Å². The van der Waals surface area contributed by atoms with Crippen LogP contribution in [0.1, 0.15) is 31.1 Å². The maximum atomic E-state index is 12.9. The van der Waals surface area contributed by atoms with Crippen LogP contribution in [0.2, 0.25) is 0 Å². The third-order valence-corrected chi connectivity index (χ3v) is 5.98. The van der Waals surface area contributed by atoms with E-state index in [4.69, 9.17) is 9.47 Å². The van der Waals surface area contributed by atoms with Gasteiger partial charge in [-0.05, 0) is 52.3 Å². The molecule has 9 heteroatoms. The van der Waals surface area contributed by atoms with Crippen molar-refractivity contribution < 1.29 is 23.9 Å². The molecular formula is C23H16Br2N2O5. The number of hydrogen-bond acceptors (Lipinski definition) is 5. The first kappa shape index (κ1) is 22.0. The number of benzene rings is 3. The summed E-state index contributed by atoms with van der Waals surface area (Å²) < 4.78 is 12.1. The van der Waals surface area contributed by atoms with Crippen molar-refractivity contribution in [1.82, 2.24) is 0 Å². The number of ether oxygens (including phenoxy) is 2. The smallest absolute Gasteiger partial charge is 0.266 e. The predicted molar refractivity (Wildman–Crippen MR) is 127 cm³/mol. The van der Waals surface area contributed by atoms with Crippen LogP contribution in [0.5, 0.6) is 11.5 Å². The highest BCUT2D eigenvalue weighted by atomic mass is 79.9. The Hall–Kier alpha value is -3.17. The van der Waals surface area contributed by atoms with Crippen molar-refractivity contribution in [2.45, 2.75) is 0 Å². The second kappa shape index (κ2) is 8.76. The van der Waals surface area contributed by atoms with Gasteiger partial charge in [-0.3, -0.25) is 14.4 Å². The van der Waals surface area contributed by atoms with E-state index >= 15 is 0 Å². The summed E-state index contributed by atoms with van der Waals surface area (Å²) in [6, 6.07) is 14.8. The lowest BCUT2D eigenvalue weighted by molar-refractivity contribution is 0.0923. The molecule has 0 aromatic heterocycles. The second-order valence-electron chi connectivity index (χ2n) is 6.80. The second-order valence-corrected chi connectivity index (χ2v) is 8.57. The third kappa shape index (κ3) is 3.78. The molecule has 0 atom stereocenters. The summed E-state index contributed by atoms with van der Waals surface area (Å²) in [5.41, 5.74) is 1.70. The highest BCUT2D eigenvalue weighted by molar-refractivity contribution is 9.11. The fourth-order valence-electron chi connectivity index (χ4n) is 3.48. The van der Waals surface area contributed by atoms with Gasteiger partial charge in [-0.1, -0.05) is 28.1 Å². The summed E-state index contributed by atoms with van der Waals surface area (Å²) in [5.74, 6) is -0.604. The van der Waals surface area contributed by atoms with Gasteiger partial charge in [-0.15, -0.1) is 0 Å². The summed E-state index contributed by atoms with van der Waals surface area (Å²) >= 11 is 6.75. The van der Waals surface area contributed by atoms with Crippen LogP contribution in [0.4, 0.5) is 11.4 Å². The molecule has 1 aliphatic heterocycles. The van der Waals surface area contributed by atoms with E-state index in [1.165, 1.54) is 14.2 Å². The number of imide groups is 1. The molecule has 0 saturated heterocycles. The lowest BCUT2D eigenvalue weighted by atomic mass is 10.1. The number of methoxy groups -OCH3 is 2. The normalized spacial score (nSPS) is 12.6. The van der Waals surface area contributed by atoms with Crippen molar-refractivity contribution in [3.8, 4) is 11.5 Å². The van der Waals surface area contributed by atoms with Gasteiger partial charge in [0.25, 0.3) is 17.7 Å². The molecule has 1 N–H and O–H groups in total. The molecule has 0 unspecified atom stereocenters. The number of anilines is 2. The van der Waals surface area contributed by atoms with Gasteiger partial charge in [-0.25, -0.2) is 4.90 Å². The monoisotopic (exact) mass is 558 g/mol. The minimum Gasteiger partial charge on any atom is -0.495 e. The van der Waals surface area contributed by atoms with Crippen molar-refractivity contribution in [3.05, 3.63) is 80.2 Å². The lowest BCUT2D eigenvalue weighted by Crippen LogP contribution is -2.29. The predicted octanol–water partition coefficient (Wildman–Crippen LogP) is 5.28. The van der Waals surface area contributed by atoms with Crippen LogP contribution in [-0.4, -0.2) is 31.9 Å². The van der Waals surface area contributed by atoms with E-state index in [2.05, 4.69) is 37.2 Å². The molecule has 0 spiro atoms. The molecule has 7 nitrogen and oxygen atoms in total. The molecule has 3 aromatic carbocycles. The Balaban J connectivity index is 1.65. The number of amides is 3. The van der Waals surface area contributed by atoms with Crippen LogP contribution in [-0.2, 0) is 0 Å². The highest BCUT2D eigenvalue weighted by Gasteiger charge is 2.37. The number of halogens is 2. The Kier molecular flexibility index (Phi) is 6.03. The van der Waals surface area contributed by atoms with Crippen LogP contribution in [0, 0.1) is 0 Å². The van der Waals surface area contributed by atoms with E-state index < -0.39 is 17.7 Å². The Bertz CT molecular complexity index is 1240. The van der Waals surface area contributed by atoms with Gasteiger partial charge in [0, 0.05) is 16.2 Å². The van der Waals surface area contributed by atoms with E-state index in [1.54, 1.807) is 54.6 Å². The molecule has 0 bridgehead atoms. The largest absolute Gasteiger partial charge is 0.495 e. The topological polar surface area (TPSA) is 84.9 Å². The van der Waals surface area contributed by atoms with Crippen LogP contribution in [0.3, 0.4) is 0 Å². The van der Waals surface area contributed by atoms with E-state index in [-0.39, 0.29) is 5.75 Å². The average molecular weight is 560 g/mol. The van der Waals surface area contributed by atoms with Crippen LogP contribution in [0.25, 0.3) is 0 Å². The summed E-state index contributed by atoms with van der Waals surface area (Å²) in [6.07, 6.45) is 0. The first-order valence-electron chi connectivity index (χ1n) is 9.36. The van der Waals surface area contributed by atoms with E-state index in [9.17, 15) is 14.4 Å². The molecule has 0 fully saturated rings. The minimum atomic E-state index is -0.426. The zero-order valence-corrected chi connectivity index (χ0v) is 20.1. The van der Waals surface area contributed by atoms with Crippen LogP contribution in [0.15, 0.2) is 63.5 Å². The van der Waals surface area contributed by atoms with Gasteiger partial charge < -0.3 is 14.8 Å². The molecule has 4 rings (SSSR count). The van der Waals surface area contributed by atoms with Crippen molar-refractivity contribution in [2.24, 2.45) is 0 Å². The molecule has 162 valence electrons. The van der Waals surface area contributed by atoms with Crippen LogP contribution >= 0.6 is 31.9 Å². The average Bonchev–Trinajstić information content (AvgIpc) is 3.03. The van der Waals surface area contributed by atoms with Crippen molar-refractivity contribution in [2.75, 3.05) is 24.4 Å². The maximum absolute atomic E-state index is 12.9. The standard InChI is InChI=1S/C23H16Br2N2O5/c1-31-19-11-13(26-21(28)16-9-12(24)10-17(25)20(16)32-2)7-8-18(19)27-22(29)14-5-3-4-6-15(14)23(27)30/h3-11H,1-2H3,(H,26,28). The summed E-state index contributed by atoms with van der Waals surface area (Å²) in [5, 5.41) is 2.79. The molecule has 3 amide bonds. The van der Waals surface area contributed by atoms with Crippen LogP contribution < -0.4 is 19.7 Å². The Morgan fingerprint density at radius 3 is 2.16 bits per heavy atom. The molecule has 3 aromatic rings. The third-order valence-electron chi connectivity index (χ3n) is 4.93. The van der Waals surface area contributed by atoms with Crippen molar-refractivity contribution in [3.63, 3.8) is 0 Å². The SMILES string of the molecule is COc1cc(NC(=O)c2cc(Br)cc(Br)c2OC)ccc1N1C(=O)c2ccccc2C1=O. The minimum absolute atomic E-state index is 0.264. The maximum Gasteiger partial charge on any atom is 0.266 e. The van der Waals surface area contributed by atoms with Gasteiger partial charge in [0.15, 0.2) is 0 Å². The van der Waals surface area contributed by atoms with E-state index in [0.717, 1.165) is 4.90 Å². The van der Waals surface area contributed by atoms with Crippen molar-refractivity contribution >= 4 is 61.0 Å². The number of carbonyl (C=O) groups is 3. The Morgan fingerprint density at radius 1 is 0.906 bits per heavy atom.